The molecule has 1 aliphatic heterocycles. The minimum Gasteiger partial charge on any atom is -0.480 e. The molecular formula is C59H92N8O12. The summed E-state index contributed by atoms with van der Waals surface area (Å²) >= 11 is 0. The number of rotatable bonds is 29. The molecule has 1 aliphatic rings. The van der Waals surface area contributed by atoms with E-state index in [0.29, 0.717) is 24.8 Å². The second-order valence-corrected chi connectivity index (χ2v) is 23.2. The number of esters is 1. The fourth-order valence-electron chi connectivity index (χ4n) is 10.0. The number of nitrogens with zero attached hydrogens (tertiary/aromatic N) is 4. The molecule has 0 spiro atoms. The molecule has 20 nitrogen and oxygen atoms in total. The number of hydrogen-bond donors (Lipinski definition) is 6. The zero-order chi connectivity index (χ0) is 59.8. The Kier molecular flexibility index (Phi) is 25.6. The summed E-state index contributed by atoms with van der Waals surface area (Å²) in [5, 5.41) is 30.0. The Labute approximate surface area is 468 Å². The van der Waals surface area contributed by atoms with Gasteiger partial charge in [0.25, 0.3) is 5.91 Å². The quantitative estimate of drug-likeness (QED) is 0.0631. The molecule has 0 bridgehead atoms. The fraction of sp³-hybridized carbons (Fsp3) is 0.644. The van der Waals surface area contributed by atoms with Crippen molar-refractivity contribution in [3.63, 3.8) is 0 Å². The monoisotopic (exact) mass is 1100 g/mol. The molecule has 0 saturated carbocycles. The van der Waals surface area contributed by atoms with E-state index >= 15 is 0 Å². The van der Waals surface area contributed by atoms with Crippen molar-refractivity contribution in [2.45, 2.75) is 188 Å². The van der Waals surface area contributed by atoms with Gasteiger partial charge in [0.05, 0.1) is 11.6 Å². The molecule has 0 aliphatic carbocycles. The van der Waals surface area contributed by atoms with Crippen LogP contribution in [0.15, 0.2) is 60.7 Å². The number of ether oxygens (including phenoxy) is 1. The summed E-state index contributed by atoms with van der Waals surface area (Å²) in [4.78, 5) is 132. The lowest BCUT2D eigenvalue weighted by Crippen LogP contribution is -2.62. The van der Waals surface area contributed by atoms with E-state index in [1.807, 2.05) is 33.8 Å². The van der Waals surface area contributed by atoms with E-state index in [2.05, 4.69) is 16.0 Å². The van der Waals surface area contributed by atoms with Crippen LogP contribution in [0, 0.1) is 29.6 Å². The number of carbonyl (C=O) groups is 9. The summed E-state index contributed by atoms with van der Waals surface area (Å²) < 4.78 is 6.06. The van der Waals surface area contributed by atoms with Gasteiger partial charge in [-0.2, -0.15) is 0 Å². The molecule has 3 rings (SSSR count). The highest BCUT2D eigenvalue weighted by atomic mass is 16.6. The second-order valence-electron chi connectivity index (χ2n) is 23.2. The van der Waals surface area contributed by atoms with Gasteiger partial charge in [-0.05, 0) is 74.3 Å². The molecule has 7 N–H and O–H groups in total. The minimum atomic E-state index is -1.98. The van der Waals surface area contributed by atoms with Crippen LogP contribution in [0.2, 0.25) is 0 Å². The highest BCUT2D eigenvalue weighted by Gasteiger charge is 2.47. The molecule has 11 atom stereocenters. The van der Waals surface area contributed by atoms with Crippen molar-refractivity contribution in [1.29, 1.82) is 0 Å². The average molecular weight is 1110 g/mol. The van der Waals surface area contributed by atoms with Crippen LogP contribution < -0.4 is 21.7 Å². The molecule has 1 unspecified atom stereocenters. The molecule has 1 fully saturated rings. The third kappa shape index (κ3) is 18.3. The van der Waals surface area contributed by atoms with Crippen molar-refractivity contribution in [3.8, 4) is 0 Å². The third-order valence-corrected chi connectivity index (χ3v) is 15.2. The van der Waals surface area contributed by atoms with E-state index in [1.54, 1.807) is 96.1 Å². The van der Waals surface area contributed by atoms with Crippen molar-refractivity contribution in [3.05, 3.63) is 71.8 Å². The maximum absolute atomic E-state index is 14.9. The van der Waals surface area contributed by atoms with Crippen molar-refractivity contribution < 1.29 is 58.1 Å². The second kappa shape index (κ2) is 30.3. The Bertz CT molecular complexity index is 2380. The number of nitrogens with two attached hydrogens (primary N) is 1. The van der Waals surface area contributed by atoms with Crippen LogP contribution in [-0.4, -0.2) is 171 Å². The normalized spacial score (nSPS) is 17.5. The van der Waals surface area contributed by atoms with Crippen LogP contribution in [-0.2, 0) is 60.7 Å². The number of aliphatic carboxylic acids is 1. The number of amides is 7. The Morgan fingerprint density at radius 1 is 0.684 bits per heavy atom. The van der Waals surface area contributed by atoms with E-state index in [1.165, 1.54) is 44.8 Å². The average Bonchev–Trinajstić information content (AvgIpc) is 3.96. The lowest BCUT2D eigenvalue weighted by atomic mass is 9.94. The number of carbonyl (C=O) groups excluding carboxylic acids is 8. The number of carboxylic acids is 1. The molecule has 79 heavy (non-hydrogen) atoms. The fourth-order valence-corrected chi connectivity index (χ4v) is 10.0. The first-order valence-corrected chi connectivity index (χ1v) is 27.9. The molecule has 1 saturated heterocycles. The van der Waals surface area contributed by atoms with Gasteiger partial charge in [0.15, 0.2) is 12.1 Å². The van der Waals surface area contributed by atoms with Crippen molar-refractivity contribution in [2.24, 2.45) is 35.3 Å². The number of nitrogens with one attached hydrogen (secondary N) is 3. The number of likely N-dealkylation sites (tertiary alicyclic amines) is 1. The van der Waals surface area contributed by atoms with Crippen molar-refractivity contribution in [2.75, 3.05) is 27.7 Å². The van der Waals surface area contributed by atoms with Crippen LogP contribution >= 0.6 is 0 Å². The molecule has 20 heteroatoms. The van der Waals surface area contributed by atoms with Crippen LogP contribution in [0.1, 0.15) is 126 Å². The summed E-state index contributed by atoms with van der Waals surface area (Å²) in [6.45, 7) is 20.5. The maximum atomic E-state index is 14.9. The SMILES string of the molecule is CC[C@@H](C)[C@@H](OC(=O)C(N(C)C(=O)[C@H](CC(C)C)NC(=O)[C@@H](NC(=O)[C@@H](N)[C@@H](C)CC)C(C)C)C(C)(C)O)C(=O)N(C)[C@H](C(=O)N[C@@H](Cc1ccccc1)C(=O)N(C)[C@@H](Cc1ccccc1)C(=O)N1CCC[C@H]1C(=O)O)C(C)C. The summed E-state index contributed by atoms with van der Waals surface area (Å²) in [7, 11) is 4.12. The zero-order valence-electron chi connectivity index (χ0n) is 49.4. The predicted molar refractivity (Wildman–Crippen MR) is 300 cm³/mol. The van der Waals surface area contributed by atoms with Gasteiger partial charge in [0.2, 0.25) is 35.4 Å². The molecule has 440 valence electrons. The zero-order valence-corrected chi connectivity index (χ0v) is 49.4. The third-order valence-electron chi connectivity index (χ3n) is 15.2. The minimum absolute atomic E-state index is 0.0205. The van der Waals surface area contributed by atoms with E-state index in [9.17, 15) is 53.4 Å². The van der Waals surface area contributed by atoms with Crippen molar-refractivity contribution >= 4 is 53.3 Å². The van der Waals surface area contributed by atoms with Gasteiger partial charge in [-0.25, -0.2) is 9.59 Å². The number of benzene rings is 2. The maximum Gasteiger partial charge on any atom is 0.332 e. The molecule has 0 aromatic heterocycles. The standard InChI is InChI=1S/C59H92N8O12/c1-16-37(9)45(60)50(68)63-46(35(5)6)51(69)61-41(31-34(3)4)54(72)66(15)49(59(11,12)78)58(77)79-48(38(10)17-2)56(74)65(14)47(36(7)8)52(70)62-42(32-39-25-20-18-21-26-39)53(71)64(13)44(33-40-27-22-19-23-28-40)55(73)67-30-24-29-43(67)57(75)76/h18-23,25-28,34-38,41-49,78H,16-17,24,29-33,60H2,1-15H3,(H,61,69)(H,62,70)(H,63,68)(H,75,76)/t37-,38+,41-,42-,43-,44-,45-,46-,47-,48+,49?/m0/s1. The number of aliphatic hydroxyl groups is 1. The summed E-state index contributed by atoms with van der Waals surface area (Å²) in [6, 6.07) is 8.24. The van der Waals surface area contributed by atoms with Gasteiger partial charge in [-0.1, -0.05) is 136 Å². The number of carboxylic acid groups (broad SMARTS) is 1. The summed E-state index contributed by atoms with van der Waals surface area (Å²) in [5.74, 6) is -8.89. The van der Waals surface area contributed by atoms with E-state index in [4.69, 9.17) is 10.5 Å². The van der Waals surface area contributed by atoms with Gasteiger partial charge in [-0.15, -0.1) is 0 Å². The lowest BCUT2D eigenvalue weighted by molar-refractivity contribution is -0.177. The Morgan fingerprint density at radius 2 is 1.20 bits per heavy atom. The number of hydrogen-bond acceptors (Lipinski definition) is 12. The van der Waals surface area contributed by atoms with Crippen LogP contribution in [0.3, 0.4) is 0 Å². The lowest BCUT2D eigenvalue weighted by Gasteiger charge is -2.39. The summed E-state index contributed by atoms with van der Waals surface area (Å²) in [5.41, 5.74) is 5.61. The molecule has 1 heterocycles. The van der Waals surface area contributed by atoms with Crippen LogP contribution in [0.5, 0.6) is 0 Å². The Hall–Kier alpha value is -6.41. The van der Waals surface area contributed by atoms with Crippen LogP contribution in [0.25, 0.3) is 0 Å². The first-order valence-electron chi connectivity index (χ1n) is 27.9. The molecular weight excluding hydrogens is 1010 g/mol. The van der Waals surface area contributed by atoms with E-state index < -0.39 is 131 Å². The summed E-state index contributed by atoms with van der Waals surface area (Å²) in [6.07, 6.45) is 0.271. The van der Waals surface area contributed by atoms with Gasteiger partial charge >= 0.3 is 11.9 Å². The van der Waals surface area contributed by atoms with E-state index in [-0.39, 0.29) is 44.1 Å². The molecule has 7 amide bonds. The number of likely N-dealkylation sites (N-methyl/N-ethyl adjacent to an activating group) is 3. The topological polar surface area (TPSA) is 278 Å². The molecule has 2 aromatic rings. The van der Waals surface area contributed by atoms with Crippen LogP contribution in [0.4, 0.5) is 0 Å². The van der Waals surface area contributed by atoms with Gasteiger partial charge in [0.1, 0.15) is 36.3 Å². The van der Waals surface area contributed by atoms with Gasteiger partial charge in [-0.3, -0.25) is 33.6 Å². The first kappa shape index (κ1) is 66.9. The first-order chi connectivity index (χ1) is 36.9. The highest BCUT2D eigenvalue weighted by Crippen LogP contribution is 2.26. The van der Waals surface area contributed by atoms with Crippen molar-refractivity contribution in [1.82, 2.24) is 35.6 Å². The van der Waals surface area contributed by atoms with Gasteiger partial charge in [0, 0.05) is 46.4 Å². The van der Waals surface area contributed by atoms with E-state index in [0.717, 1.165) is 15.4 Å². The largest absolute Gasteiger partial charge is 0.480 e. The Balaban J connectivity index is 2.00. The van der Waals surface area contributed by atoms with Gasteiger partial charge < -0.3 is 56.2 Å². The predicted octanol–water partition coefficient (Wildman–Crippen LogP) is 3.94. The molecule has 0 radical (unpaired) electrons. The molecule has 2 aromatic carbocycles. The highest BCUT2D eigenvalue weighted by molar-refractivity contribution is 5.97. The smallest absolute Gasteiger partial charge is 0.332 e. The Morgan fingerprint density at radius 3 is 1.68 bits per heavy atom.